The summed E-state index contributed by atoms with van der Waals surface area (Å²) in [7, 11) is 0. The molecule has 0 fully saturated rings. The molecule has 0 aromatic carbocycles. The van der Waals surface area contributed by atoms with Crippen molar-refractivity contribution in [2.75, 3.05) is 13.4 Å². The van der Waals surface area contributed by atoms with Gasteiger partial charge in [-0.3, -0.25) is 0 Å². The maximum absolute atomic E-state index is 4.80. The molecule has 0 heterocycles. The first-order valence-corrected chi connectivity index (χ1v) is 2.80. The van der Waals surface area contributed by atoms with Gasteiger partial charge in [0.05, 0.1) is 0 Å². The maximum atomic E-state index is 4.80. The molecule has 0 aromatic heterocycles. The van der Waals surface area contributed by atoms with E-state index in [-0.39, 0.29) is 0 Å². The van der Waals surface area contributed by atoms with Crippen LogP contribution in [0.25, 0.3) is 0 Å². The van der Waals surface area contributed by atoms with Crippen molar-refractivity contribution < 1.29 is 8.53 Å². The highest BCUT2D eigenvalue weighted by atomic mass is 27.1. The summed E-state index contributed by atoms with van der Waals surface area (Å²) in [6.45, 7) is 3.17. The Hall–Kier alpha value is 0.452. The monoisotopic (exact) mass is 104 g/mol. The molecule has 36 valence electrons. The molecule has 0 aliphatic carbocycles. The second kappa shape index (κ2) is 5.45. The van der Waals surface area contributed by atoms with Crippen LogP contribution in [0.15, 0.2) is 0 Å². The molecule has 0 amide bonds. The molecule has 0 aliphatic heterocycles. The summed E-state index contributed by atoms with van der Waals surface area (Å²) in [4.78, 5) is 0. The summed E-state index contributed by atoms with van der Waals surface area (Å²) in [5.74, 6) is 0. The largest absolute Gasteiger partial charge is 0.486 e. The minimum atomic E-state index is 0.475. The van der Waals surface area contributed by atoms with Gasteiger partial charge in [-0.15, -0.1) is 0 Å². The van der Waals surface area contributed by atoms with E-state index in [0.717, 1.165) is 23.2 Å². The standard InChI is InChI=1S/C3H7O2.Al.2H/c1-2-5-3-4;;;/h2-3H2,1H3;;;/q-1;+1;;. The molecule has 0 aromatic rings. The van der Waals surface area contributed by atoms with Gasteiger partial charge in [-0.2, -0.15) is 0 Å². The molecule has 0 N–H and O–H groups in total. The van der Waals surface area contributed by atoms with E-state index in [9.17, 15) is 0 Å². The maximum Gasteiger partial charge on any atom is 0.412 e. The lowest BCUT2D eigenvalue weighted by atomic mass is 10.9. The Morgan fingerprint density at radius 1 is 1.67 bits per heavy atom. The second-order valence-corrected chi connectivity index (χ2v) is 1.48. The van der Waals surface area contributed by atoms with Crippen molar-refractivity contribution in [1.29, 1.82) is 0 Å². The van der Waals surface area contributed by atoms with Crippen molar-refractivity contribution in [1.82, 2.24) is 0 Å². The van der Waals surface area contributed by atoms with Gasteiger partial charge in [0.25, 0.3) is 0 Å². The minimum Gasteiger partial charge on any atom is -0.486 e. The Bertz CT molecular complexity index is 20.8. The van der Waals surface area contributed by atoms with Crippen LogP contribution in [0.2, 0.25) is 0 Å². The van der Waals surface area contributed by atoms with Crippen molar-refractivity contribution in [3.05, 3.63) is 0 Å². The van der Waals surface area contributed by atoms with Gasteiger partial charge in [-0.05, 0) is 6.92 Å². The van der Waals surface area contributed by atoms with Crippen LogP contribution < -0.4 is 0 Å². The van der Waals surface area contributed by atoms with Gasteiger partial charge in [-0.25, -0.2) is 0 Å². The molecule has 0 saturated heterocycles. The molecule has 6 heavy (non-hydrogen) atoms. The predicted octanol–water partition coefficient (Wildman–Crippen LogP) is -0.455. The second-order valence-electron chi connectivity index (χ2n) is 0.899. The Labute approximate surface area is 46.2 Å². The summed E-state index contributed by atoms with van der Waals surface area (Å²) >= 11 is 0.778. The van der Waals surface area contributed by atoms with Crippen LogP contribution in [0.3, 0.4) is 0 Å². The highest BCUT2D eigenvalue weighted by Gasteiger charge is 1.71. The van der Waals surface area contributed by atoms with Crippen molar-refractivity contribution in [3.63, 3.8) is 0 Å². The smallest absolute Gasteiger partial charge is 0.412 e. The van der Waals surface area contributed by atoms with Crippen LogP contribution in [-0.2, 0) is 8.53 Å². The Morgan fingerprint density at radius 3 is 2.50 bits per heavy atom. The van der Waals surface area contributed by atoms with E-state index in [4.69, 9.17) is 8.53 Å². The average molecular weight is 104 g/mol. The normalized spacial score (nSPS) is 8.83. The zero-order valence-corrected chi connectivity index (χ0v) is 6.23. The lowest BCUT2D eigenvalue weighted by Gasteiger charge is -1.95. The van der Waals surface area contributed by atoms with Crippen LogP contribution in [0.4, 0.5) is 0 Å². The topological polar surface area (TPSA) is 18.5 Å². The van der Waals surface area contributed by atoms with Crippen LogP contribution >= 0.6 is 0 Å². The molecule has 0 saturated carbocycles. The Morgan fingerprint density at radius 2 is 2.33 bits per heavy atom. The molecule has 3 heteroatoms. The third-order valence-electron chi connectivity index (χ3n) is 0.405. The van der Waals surface area contributed by atoms with Gasteiger partial charge in [0, 0.05) is 6.61 Å². The molecule has 0 radical (unpaired) electrons. The fourth-order valence-corrected chi connectivity index (χ4v) is 0.333. The van der Waals surface area contributed by atoms with Crippen LogP contribution in [0.5, 0.6) is 0 Å². The molecule has 0 rings (SSSR count). The molecule has 0 spiro atoms. The Kier molecular flexibility index (Phi) is 5.86. The molecular weight excluding hydrogens is 95.0 g/mol. The third-order valence-corrected chi connectivity index (χ3v) is 0.641. The quantitative estimate of drug-likeness (QED) is 0.274. The third kappa shape index (κ3) is 4.45. The number of hydrogen-bond acceptors (Lipinski definition) is 2. The van der Waals surface area contributed by atoms with Crippen molar-refractivity contribution in [2.24, 2.45) is 0 Å². The van der Waals surface area contributed by atoms with E-state index in [0.29, 0.717) is 6.79 Å². The average Bonchev–Trinajstić information content (AvgIpc) is 1.61. The first-order chi connectivity index (χ1) is 2.91. The van der Waals surface area contributed by atoms with Gasteiger partial charge in [0.1, 0.15) is 6.79 Å². The van der Waals surface area contributed by atoms with E-state index in [1.54, 1.807) is 0 Å². The molecule has 0 bridgehead atoms. The molecule has 0 aliphatic rings. The fraction of sp³-hybridized carbons (Fsp3) is 1.00. The first-order valence-electron chi connectivity index (χ1n) is 1.98. The van der Waals surface area contributed by atoms with Gasteiger partial charge in [0.2, 0.25) is 0 Å². The predicted molar refractivity (Wildman–Crippen MR) is 26.1 cm³/mol. The highest BCUT2D eigenvalue weighted by Crippen LogP contribution is 1.68. The van der Waals surface area contributed by atoms with Gasteiger partial charge < -0.3 is 8.53 Å². The lowest BCUT2D eigenvalue weighted by molar-refractivity contribution is 0.0278. The number of ether oxygens (including phenoxy) is 1. The first kappa shape index (κ1) is 6.45. The summed E-state index contributed by atoms with van der Waals surface area (Å²) < 4.78 is 9.49. The van der Waals surface area contributed by atoms with Gasteiger partial charge in [0.15, 0.2) is 0 Å². The fourth-order valence-electron chi connectivity index (χ4n) is 0.167. The van der Waals surface area contributed by atoms with E-state index in [1.807, 2.05) is 6.92 Å². The van der Waals surface area contributed by atoms with Crippen LogP contribution in [0.1, 0.15) is 6.92 Å². The molecule has 0 unspecified atom stereocenters. The van der Waals surface area contributed by atoms with E-state index in [1.165, 1.54) is 0 Å². The molecule has 2 nitrogen and oxygen atoms in total. The summed E-state index contributed by atoms with van der Waals surface area (Å²) in [5, 5.41) is 0. The van der Waals surface area contributed by atoms with Gasteiger partial charge in [-0.1, -0.05) is 0 Å². The summed E-state index contributed by atoms with van der Waals surface area (Å²) in [6.07, 6.45) is 0. The number of hydrogen-bond donors (Lipinski definition) is 0. The van der Waals surface area contributed by atoms with Crippen molar-refractivity contribution >= 4 is 16.6 Å². The molecule has 0 atom stereocenters. The SMILES string of the molecule is CCOC[O][AlH2]. The van der Waals surface area contributed by atoms with Crippen molar-refractivity contribution in [3.8, 4) is 0 Å². The highest BCUT2D eigenvalue weighted by molar-refractivity contribution is 5.97. The number of rotatable bonds is 3. The van der Waals surface area contributed by atoms with E-state index >= 15 is 0 Å². The van der Waals surface area contributed by atoms with Crippen LogP contribution in [-0.4, -0.2) is 30.0 Å². The molecular formula is C3H9AlO2. The van der Waals surface area contributed by atoms with E-state index < -0.39 is 0 Å². The Balaban J connectivity index is 2.34. The lowest BCUT2D eigenvalue weighted by Crippen LogP contribution is -1.94. The summed E-state index contributed by atoms with van der Waals surface area (Å²) in [5.41, 5.74) is 0. The van der Waals surface area contributed by atoms with Crippen LogP contribution in [0, 0.1) is 0 Å². The zero-order valence-electron chi connectivity index (χ0n) is 4.23. The zero-order chi connectivity index (χ0) is 4.83. The summed E-state index contributed by atoms with van der Waals surface area (Å²) in [6, 6.07) is 0. The van der Waals surface area contributed by atoms with Gasteiger partial charge >= 0.3 is 16.6 Å². The minimum absolute atomic E-state index is 0.475. The van der Waals surface area contributed by atoms with Crippen molar-refractivity contribution in [2.45, 2.75) is 6.92 Å². The van der Waals surface area contributed by atoms with E-state index in [2.05, 4.69) is 0 Å².